The first-order chi connectivity index (χ1) is 58.8. The quantitative estimate of drug-likeness (QED) is 0.0328. The minimum atomic E-state index is -1.18. The van der Waals surface area contributed by atoms with Gasteiger partial charge in [0.2, 0.25) is 0 Å². The molecule has 33 heteroatoms. The van der Waals surface area contributed by atoms with Crippen LogP contribution in [0.25, 0.3) is 0 Å². The number of hydrogen-bond donors (Lipinski definition) is 2. The maximum Gasteiger partial charge on any atom is 0.410 e. The standard InChI is InChI=1S/C27H37ClFN3O2.C26H33ClFN3O4.C21H25ClFN3O2.C19H27FN2O5.2ClH/c1-27(2,3)12-14-32-17-15-31(16-18-32)13-5-19-34-25-11-6-21(20-24(25)29)26(33)30(4)23-9-7-22(28)8-10-23;1-26(2,3)35-25(33)31-15-13-30(14-16-31)12-5-17-34-23-11-6-19(18-22(23)28)24(32)29(4)21-9-7-20(27)8-10-21;1-25(18-6-4-17(22)5-7-18)21(27)16-3-8-20(19(23)15-16)28-14-2-11-26-12-9-24-10-13-26;1-19(2,3)27-18(25)22-10-8-21(9-11-22)7-4-12-26-16-6-5-14(17(23)24)13-15(16)20;;/h6-11,20H,5,12-19H2,1-4H3;6-11,18H,5,12-17H2,1-4H3;3-8,15,24H,2,9-14H2,1H3;5-6,13H,4,7-12H2,1-3H3,(H,23,24);2*1H. The highest BCUT2D eigenvalue weighted by Gasteiger charge is 2.29. The summed E-state index contributed by atoms with van der Waals surface area (Å²) >= 11 is 17.7. The molecule has 4 aliphatic heterocycles. The summed E-state index contributed by atoms with van der Waals surface area (Å²) in [4.78, 5) is 92.6. The van der Waals surface area contributed by atoms with E-state index in [1.807, 2.05) is 41.5 Å². The predicted octanol–water partition coefficient (Wildman–Crippen LogP) is 17.8. The number of carboxylic acids is 1. The van der Waals surface area contributed by atoms with Crippen LogP contribution in [0, 0.1) is 28.7 Å². The van der Waals surface area contributed by atoms with Crippen LogP contribution in [0.4, 0.5) is 44.2 Å². The van der Waals surface area contributed by atoms with Gasteiger partial charge in [0.05, 0.1) is 32.0 Å². The lowest BCUT2D eigenvalue weighted by Gasteiger charge is -2.35. The molecule has 0 aliphatic carbocycles. The van der Waals surface area contributed by atoms with Crippen molar-refractivity contribution in [3.05, 3.63) is 206 Å². The fourth-order valence-electron chi connectivity index (χ4n) is 13.4. The lowest BCUT2D eigenvalue weighted by molar-refractivity contribution is 0.0133. The number of carbonyl (C=O) groups excluding carboxylic acids is 5. The Morgan fingerprint density at radius 3 is 0.865 bits per heavy atom. The van der Waals surface area contributed by atoms with Crippen molar-refractivity contribution in [1.82, 2.24) is 39.6 Å². The van der Waals surface area contributed by atoms with Gasteiger partial charge in [-0.15, -0.1) is 24.8 Å². The zero-order valence-electron chi connectivity index (χ0n) is 74.4. The van der Waals surface area contributed by atoms with E-state index in [1.54, 1.807) is 122 Å². The summed E-state index contributed by atoms with van der Waals surface area (Å²) in [5, 5.41) is 13.9. The van der Waals surface area contributed by atoms with Gasteiger partial charge in [-0.25, -0.2) is 31.9 Å². The number of amides is 5. The van der Waals surface area contributed by atoms with E-state index in [4.69, 9.17) is 68.3 Å². The van der Waals surface area contributed by atoms with Crippen molar-refractivity contribution in [3.8, 4) is 23.0 Å². The number of halogens is 9. The number of aromatic carboxylic acids is 1. The third-order valence-electron chi connectivity index (χ3n) is 20.7. The van der Waals surface area contributed by atoms with Crippen molar-refractivity contribution < 1.29 is 79.9 Å². The van der Waals surface area contributed by atoms with Gasteiger partial charge in [0.25, 0.3) is 17.7 Å². The molecule has 0 unspecified atom stereocenters. The van der Waals surface area contributed by atoms with E-state index in [-0.39, 0.29) is 100.0 Å². The van der Waals surface area contributed by atoms with Gasteiger partial charge in [0.15, 0.2) is 46.3 Å². The zero-order valence-corrected chi connectivity index (χ0v) is 78.3. The first-order valence-corrected chi connectivity index (χ1v) is 43.3. The molecule has 4 saturated heterocycles. The Morgan fingerprint density at radius 2 is 0.611 bits per heavy atom. The first kappa shape index (κ1) is 106. The normalized spacial score (nSPS) is 14.8. The van der Waals surface area contributed by atoms with E-state index < -0.39 is 40.4 Å². The molecule has 4 aliphatic rings. The SMILES string of the molecule is CC(C)(C)OC(=O)N1CCN(CCCOc2ccc(C(=O)O)cc2F)CC1.CN(C(=O)c1ccc(OCCCN2CCN(C(=O)OC(C)(C)C)CC2)c(F)c1)c1ccc(Cl)cc1.CN(C(=O)c1ccc(OCCCN2CCN(CCC(C)(C)C)CC2)c(F)c1)c1ccc(Cl)cc1.CN(C(=O)c1ccc(OCCCN2CCNCC2)c(F)c1)c1ccc(Cl)cc1.Cl.Cl. The monoisotopic (exact) mass is 1850 g/mol. The topological polar surface area (TPSA) is 222 Å². The van der Waals surface area contributed by atoms with Crippen LogP contribution >= 0.6 is 59.6 Å². The van der Waals surface area contributed by atoms with Crippen molar-refractivity contribution in [2.24, 2.45) is 5.41 Å². The molecular formula is C93H124Cl5F4N11O13. The van der Waals surface area contributed by atoms with Gasteiger partial charge in [0.1, 0.15) is 11.2 Å². The molecule has 4 fully saturated rings. The number of hydrogen-bond acceptors (Lipinski definition) is 18. The zero-order chi connectivity index (χ0) is 90.3. The van der Waals surface area contributed by atoms with Gasteiger partial charge in [-0.2, -0.15) is 0 Å². The fraction of sp³-hybridized carbons (Fsp3) is 0.484. The van der Waals surface area contributed by atoms with Crippen molar-refractivity contribution >= 4 is 113 Å². The Kier molecular flexibility index (Phi) is 43.6. The van der Waals surface area contributed by atoms with Gasteiger partial charge in [0, 0.05) is 201 Å². The highest BCUT2D eigenvalue weighted by molar-refractivity contribution is 6.31. The maximum absolute atomic E-state index is 14.6. The van der Waals surface area contributed by atoms with Gasteiger partial charge in [-0.05, 0) is 231 Å². The summed E-state index contributed by atoms with van der Waals surface area (Å²) < 4.78 is 90.3. The number of ether oxygens (including phenoxy) is 6. The molecule has 2 N–H and O–H groups in total. The van der Waals surface area contributed by atoms with E-state index >= 15 is 0 Å². The lowest BCUT2D eigenvalue weighted by atomic mass is 9.92. The second-order valence-corrected chi connectivity index (χ2v) is 35.2. The van der Waals surface area contributed by atoms with E-state index in [2.05, 4.69) is 50.6 Å². The third kappa shape index (κ3) is 36.3. The molecule has 0 saturated carbocycles. The summed E-state index contributed by atoms with van der Waals surface area (Å²) in [6, 6.07) is 37.2. The molecule has 0 aromatic heterocycles. The van der Waals surface area contributed by atoms with Crippen LogP contribution in [0.5, 0.6) is 23.0 Å². The summed E-state index contributed by atoms with van der Waals surface area (Å²) in [5.74, 6) is -3.90. The molecule has 692 valence electrons. The van der Waals surface area contributed by atoms with E-state index in [0.717, 1.165) is 130 Å². The average Bonchev–Trinajstić information content (AvgIpc) is 0.822. The van der Waals surface area contributed by atoms with Gasteiger partial charge < -0.3 is 78.0 Å². The Morgan fingerprint density at radius 1 is 0.365 bits per heavy atom. The Labute approximate surface area is 767 Å². The number of nitrogens with one attached hydrogen (secondary N) is 1. The van der Waals surface area contributed by atoms with Crippen molar-refractivity contribution in [2.45, 2.75) is 106 Å². The van der Waals surface area contributed by atoms with Crippen molar-refractivity contribution in [3.63, 3.8) is 0 Å². The van der Waals surface area contributed by atoms with Crippen LogP contribution in [-0.4, -0.2) is 271 Å². The number of rotatable bonds is 29. The minimum Gasteiger partial charge on any atom is -0.490 e. The number of carbonyl (C=O) groups is 6. The molecule has 126 heavy (non-hydrogen) atoms. The number of nitrogens with zero attached hydrogens (tertiary/aromatic N) is 10. The summed E-state index contributed by atoms with van der Waals surface area (Å²) in [5.41, 5.74) is 2.07. The predicted molar refractivity (Wildman–Crippen MR) is 495 cm³/mol. The second kappa shape index (κ2) is 51.9. The Balaban J connectivity index is 0.000000260. The van der Waals surface area contributed by atoms with Crippen LogP contribution in [0.2, 0.25) is 15.1 Å². The Hall–Kier alpha value is -8.91. The lowest BCUT2D eigenvalue weighted by Crippen LogP contribution is -2.50. The summed E-state index contributed by atoms with van der Waals surface area (Å²) in [6.45, 7) is 38.0. The molecule has 7 aromatic rings. The molecule has 0 bridgehead atoms. The smallest absolute Gasteiger partial charge is 0.410 e. The van der Waals surface area contributed by atoms with E-state index in [1.165, 1.54) is 69.7 Å². The highest BCUT2D eigenvalue weighted by Crippen LogP contribution is 2.29. The number of piperazine rings is 4. The van der Waals surface area contributed by atoms with Crippen LogP contribution in [0.1, 0.15) is 136 Å². The fourth-order valence-corrected chi connectivity index (χ4v) is 13.8. The first-order valence-electron chi connectivity index (χ1n) is 42.2. The van der Waals surface area contributed by atoms with Crippen molar-refractivity contribution in [2.75, 3.05) is 200 Å². The largest absolute Gasteiger partial charge is 0.490 e. The molecule has 7 aromatic carbocycles. The molecular weight excluding hydrogens is 1730 g/mol. The molecule has 24 nitrogen and oxygen atoms in total. The second-order valence-electron chi connectivity index (χ2n) is 33.9. The third-order valence-corrected chi connectivity index (χ3v) is 21.4. The number of anilines is 3. The van der Waals surface area contributed by atoms with Gasteiger partial charge >= 0.3 is 18.2 Å². The van der Waals surface area contributed by atoms with E-state index in [9.17, 15) is 46.3 Å². The highest BCUT2D eigenvalue weighted by atomic mass is 35.5. The molecule has 5 amide bonds. The average molecular weight is 1860 g/mol. The minimum absolute atomic E-state index is 0. The number of carboxylic acid groups (broad SMARTS) is 1. The molecule has 0 spiro atoms. The van der Waals surface area contributed by atoms with Gasteiger partial charge in [-0.3, -0.25) is 24.2 Å². The molecule has 0 atom stereocenters. The van der Waals surface area contributed by atoms with Crippen molar-refractivity contribution in [1.29, 1.82) is 0 Å². The van der Waals surface area contributed by atoms with Crippen LogP contribution in [0.15, 0.2) is 146 Å². The molecule has 4 heterocycles. The maximum atomic E-state index is 14.6. The van der Waals surface area contributed by atoms with Crippen LogP contribution < -0.4 is 39.0 Å². The summed E-state index contributed by atoms with van der Waals surface area (Å²) in [7, 11) is 4.92. The van der Waals surface area contributed by atoms with Gasteiger partial charge in [-0.1, -0.05) is 55.6 Å². The van der Waals surface area contributed by atoms with Crippen LogP contribution in [0.3, 0.4) is 0 Å². The van der Waals surface area contributed by atoms with Crippen LogP contribution in [-0.2, 0) is 9.47 Å². The summed E-state index contributed by atoms with van der Waals surface area (Å²) in [6.07, 6.45) is 3.73. The van der Waals surface area contributed by atoms with E-state index in [0.29, 0.717) is 103 Å². The molecule has 0 radical (unpaired) electrons. The number of benzene rings is 7. The Bertz CT molecular complexity index is 4560. The molecule has 11 rings (SSSR count).